The molecule has 1 saturated heterocycles. The first kappa shape index (κ1) is 20.1. The summed E-state index contributed by atoms with van der Waals surface area (Å²) in [4.78, 5) is 14.7. The fraction of sp³-hybridized carbons (Fsp3) is 0.471. The third-order valence-electron chi connectivity index (χ3n) is 4.43. The Bertz CT molecular complexity index is 771. The summed E-state index contributed by atoms with van der Waals surface area (Å²) in [5, 5.41) is 17.7. The second-order valence-corrected chi connectivity index (χ2v) is 6.92. The van der Waals surface area contributed by atoms with Crippen LogP contribution in [-0.2, 0) is 11.0 Å². The molecule has 9 heteroatoms. The van der Waals surface area contributed by atoms with E-state index in [4.69, 9.17) is 22.6 Å². The zero-order valence-corrected chi connectivity index (χ0v) is 15.1. The Morgan fingerprint density at radius 1 is 1.42 bits per heavy atom. The van der Waals surface area contributed by atoms with Crippen LogP contribution in [0, 0.1) is 11.3 Å². The summed E-state index contributed by atoms with van der Waals surface area (Å²) in [5.41, 5.74) is -1.78. The maximum atomic E-state index is 13.2. The van der Waals surface area contributed by atoms with Crippen molar-refractivity contribution in [3.8, 4) is 6.07 Å². The molecule has 1 N–H and O–H groups in total. The van der Waals surface area contributed by atoms with Gasteiger partial charge in [0.1, 0.15) is 4.99 Å². The van der Waals surface area contributed by atoms with Gasteiger partial charge in [-0.2, -0.15) is 18.4 Å². The van der Waals surface area contributed by atoms with E-state index >= 15 is 0 Å². The van der Waals surface area contributed by atoms with Gasteiger partial charge in [-0.1, -0.05) is 12.2 Å². The van der Waals surface area contributed by atoms with E-state index in [0.29, 0.717) is 18.0 Å². The Kier molecular flexibility index (Phi) is 5.58. The molecule has 0 aromatic heterocycles. The molecule has 1 heterocycles. The van der Waals surface area contributed by atoms with E-state index in [-0.39, 0.29) is 18.8 Å². The molecule has 140 valence electrons. The zero-order valence-electron chi connectivity index (χ0n) is 14.3. The summed E-state index contributed by atoms with van der Waals surface area (Å²) >= 11 is 5.46. The van der Waals surface area contributed by atoms with Gasteiger partial charge in [0, 0.05) is 18.7 Å². The minimum absolute atomic E-state index is 0.00836. The van der Waals surface area contributed by atoms with Gasteiger partial charge in [0.05, 0.1) is 29.4 Å². The first-order chi connectivity index (χ1) is 12.0. The second-order valence-electron chi connectivity index (χ2n) is 6.53. The third-order valence-corrected chi connectivity index (χ3v) is 5.15. The lowest BCUT2D eigenvalue weighted by atomic mass is 10.0. The molecule has 1 aromatic carbocycles. The lowest BCUT2D eigenvalue weighted by molar-refractivity contribution is -0.138. The first-order valence-corrected chi connectivity index (χ1v) is 8.29. The minimum atomic E-state index is -4.64. The molecule has 0 amide bonds. The number of carboxylic acid groups (broad SMARTS) is 1. The van der Waals surface area contributed by atoms with E-state index in [1.807, 2.05) is 18.7 Å². The van der Waals surface area contributed by atoms with Crippen LogP contribution in [0.25, 0.3) is 0 Å². The van der Waals surface area contributed by atoms with E-state index in [1.54, 1.807) is 11.0 Å². The van der Waals surface area contributed by atoms with E-state index < -0.39 is 28.8 Å². The highest BCUT2D eigenvalue weighted by atomic mass is 32.1. The number of carboxylic acids is 1. The van der Waals surface area contributed by atoms with E-state index in [9.17, 15) is 18.0 Å². The van der Waals surface area contributed by atoms with Gasteiger partial charge < -0.3 is 10.0 Å². The summed E-state index contributed by atoms with van der Waals surface area (Å²) in [6.07, 6.45) is -4.22. The molecule has 26 heavy (non-hydrogen) atoms. The average Bonchev–Trinajstić information content (AvgIpc) is 2.77. The lowest BCUT2D eigenvalue weighted by Crippen LogP contribution is -2.43. The highest BCUT2D eigenvalue weighted by molar-refractivity contribution is 7.80. The van der Waals surface area contributed by atoms with Gasteiger partial charge in [0.25, 0.3) is 0 Å². The number of alkyl halides is 3. The number of rotatable bonds is 5. The van der Waals surface area contributed by atoms with Crippen LogP contribution in [0.4, 0.5) is 18.9 Å². The number of carbonyl (C=O) groups is 1. The molecule has 1 aliphatic heterocycles. The Labute approximate surface area is 154 Å². The molecule has 0 saturated carbocycles. The predicted molar refractivity (Wildman–Crippen MR) is 93.8 cm³/mol. The quantitative estimate of drug-likeness (QED) is 0.781. The molecule has 0 unspecified atom stereocenters. The molecule has 1 aliphatic rings. The van der Waals surface area contributed by atoms with Crippen molar-refractivity contribution in [2.45, 2.75) is 38.4 Å². The summed E-state index contributed by atoms with van der Waals surface area (Å²) in [7, 11) is 0. The molecule has 1 fully saturated rings. The number of hydrogen-bond donors (Lipinski definition) is 1. The monoisotopic (exact) mass is 385 g/mol. The minimum Gasteiger partial charge on any atom is -0.481 e. The zero-order chi connectivity index (χ0) is 19.7. The molecule has 1 aromatic rings. The van der Waals surface area contributed by atoms with E-state index in [1.165, 1.54) is 6.07 Å². The molecule has 5 nitrogen and oxygen atoms in total. The lowest BCUT2D eigenvalue weighted by Gasteiger charge is -2.29. The third kappa shape index (κ3) is 3.97. The van der Waals surface area contributed by atoms with Crippen LogP contribution in [0.2, 0.25) is 0 Å². The Hall–Kier alpha value is -2.18. The van der Waals surface area contributed by atoms with Crippen LogP contribution in [0.15, 0.2) is 18.2 Å². The summed E-state index contributed by atoms with van der Waals surface area (Å²) < 4.78 is 39.6. The van der Waals surface area contributed by atoms with Crippen LogP contribution < -0.4 is 4.90 Å². The largest absolute Gasteiger partial charge is 0.481 e. The van der Waals surface area contributed by atoms with Crippen molar-refractivity contribution in [2.24, 2.45) is 0 Å². The fourth-order valence-corrected chi connectivity index (χ4v) is 3.17. The number of nitrogens with zero attached hydrogens (tertiary/aromatic N) is 3. The molecule has 0 bridgehead atoms. The van der Waals surface area contributed by atoms with Gasteiger partial charge in [0.15, 0.2) is 0 Å². The number of halogens is 3. The highest BCUT2D eigenvalue weighted by Gasteiger charge is 2.43. The number of benzene rings is 1. The smallest absolute Gasteiger partial charge is 0.417 e. The number of aliphatic carboxylic acids is 1. The molecule has 0 aliphatic carbocycles. The van der Waals surface area contributed by atoms with Crippen LogP contribution in [-0.4, -0.2) is 39.7 Å². The standard InChI is InChI=1S/C17H18F3N3O2S/c1-16(2)15(26)23(10-22(16)7-3-4-14(24)25)12-6-5-11(9-21)13(8-12)17(18,19)20/h5-6,8H,3-4,7,10H2,1-2H3,(H,24,25). The second kappa shape index (κ2) is 7.21. The van der Waals surface area contributed by atoms with Gasteiger partial charge in [0.2, 0.25) is 0 Å². The number of hydrogen-bond acceptors (Lipinski definition) is 4. The maximum Gasteiger partial charge on any atom is 0.417 e. The summed E-state index contributed by atoms with van der Waals surface area (Å²) in [6.45, 7) is 4.42. The average molecular weight is 385 g/mol. The molecule has 2 rings (SSSR count). The predicted octanol–water partition coefficient (Wildman–Crippen LogP) is 3.63. The topological polar surface area (TPSA) is 67.6 Å². The van der Waals surface area contributed by atoms with Crippen molar-refractivity contribution < 1.29 is 23.1 Å². The van der Waals surface area contributed by atoms with Crippen molar-refractivity contribution in [1.82, 2.24) is 4.90 Å². The van der Waals surface area contributed by atoms with Crippen LogP contribution in [0.1, 0.15) is 37.8 Å². The SMILES string of the molecule is CC1(C)C(=S)N(c2ccc(C#N)c(C(F)(F)F)c2)CN1CCCC(=O)O. The van der Waals surface area contributed by atoms with Crippen molar-refractivity contribution >= 4 is 28.9 Å². The van der Waals surface area contributed by atoms with Crippen LogP contribution in [0.3, 0.4) is 0 Å². The van der Waals surface area contributed by atoms with E-state index in [2.05, 4.69) is 0 Å². The maximum absolute atomic E-state index is 13.2. The first-order valence-electron chi connectivity index (χ1n) is 7.88. The Balaban J connectivity index is 2.30. The van der Waals surface area contributed by atoms with E-state index in [0.717, 1.165) is 12.1 Å². The van der Waals surface area contributed by atoms with Gasteiger partial charge in [-0.15, -0.1) is 0 Å². The van der Waals surface area contributed by atoms with Crippen LogP contribution in [0.5, 0.6) is 0 Å². The Morgan fingerprint density at radius 2 is 2.08 bits per heavy atom. The summed E-state index contributed by atoms with van der Waals surface area (Å²) in [5.74, 6) is -0.900. The Morgan fingerprint density at radius 3 is 2.62 bits per heavy atom. The molecule has 0 radical (unpaired) electrons. The van der Waals surface area contributed by atoms with Gasteiger partial charge >= 0.3 is 12.1 Å². The van der Waals surface area contributed by atoms with Crippen LogP contribution >= 0.6 is 12.2 Å². The van der Waals surface area contributed by atoms with Gasteiger partial charge in [-0.05, 0) is 38.5 Å². The molecule has 0 spiro atoms. The number of nitriles is 1. The molecule has 0 atom stereocenters. The highest BCUT2D eigenvalue weighted by Crippen LogP contribution is 2.37. The van der Waals surface area contributed by atoms with Crippen molar-refractivity contribution in [2.75, 3.05) is 18.1 Å². The van der Waals surface area contributed by atoms with Gasteiger partial charge in [-0.25, -0.2) is 0 Å². The molecular formula is C17H18F3N3O2S. The molecular weight excluding hydrogens is 367 g/mol. The van der Waals surface area contributed by atoms with Crippen molar-refractivity contribution in [1.29, 1.82) is 5.26 Å². The van der Waals surface area contributed by atoms with Gasteiger partial charge in [-0.3, -0.25) is 9.69 Å². The number of thiocarbonyl (C=S) groups is 1. The van der Waals surface area contributed by atoms with Crippen molar-refractivity contribution in [3.05, 3.63) is 29.3 Å². The summed E-state index contributed by atoms with van der Waals surface area (Å²) in [6, 6.07) is 5.07. The fourth-order valence-electron chi connectivity index (χ4n) is 2.88. The normalized spacial score (nSPS) is 17.4. The van der Waals surface area contributed by atoms with Crippen molar-refractivity contribution in [3.63, 3.8) is 0 Å². The number of anilines is 1.